The van der Waals surface area contributed by atoms with E-state index in [-0.39, 0.29) is 11.9 Å². The van der Waals surface area contributed by atoms with Crippen LogP contribution in [0.3, 0.4) is 0 Å². The normalized spacial score (nSPS) is 12.5. The van der Waals surface area contributed by atoms with Gasteiger partial charge in [-0.15, -0.1) is 0 Å². The van der Waals surface area contributed by atoms with Gasteiger partial charge in [0.1, 0.15) is 0 Å². The molecular weight excluding hydrogens is 156 g/mol. The van der Waals surface area contributed by atoms with E-state index < -0.39 is 0 Å². The van der Waals surface area contributed by atoms with Gasteiger partial charge in [-0.3, -0.25) is 4.79 Å². The summed E-state index contributed by atoms with van der Waals surface area (Å²) in [5, 5.41) is 2.54. The highest BCUT2D eigenvalue weighted by Gasteiger charge is 2.16. The average molecular weight is 169 g/mol. The SMILES string of the molecule is CNC(=O)C([NH3+])Cc1cnc[nH]1. The smallest absolute Gasteiger partial charge is 0.278 e. The molecule has 0 fully saturated rings. The number of carbonyl (C=O) groups excluding carboxylic acids is 1. The van der Waals surface area contributed by atoms with Gasteiger partial charge in [-0.2, -0.15) is 0 Å². The summed E-state index contributed by atoms with van der Waals surface area (Å²) < 4.78 is 0. The van der Waals surface area contributed by atoms with Crippen molar-refractivity contribution in [1.82, 2.24) is 15.3 Å². The minimum absolute atomic E-state index is 0.0513. The first-order valence-electron chi connectivity index (χ1n) is 3.76. The van der Waals surface area contributed by atoms with Crippen LogP contribution in [-0.2, 0) is 11.2 Å². The Morgan fingerprint density at radius 3 is 3.17 bits per heavy atom. The number of aromatic amines is 1. The molecule has 0 aliphatic heterocycles. The van der Waals surface area contributed by atoms with E-state index >= 15 is 0 Å². The monoisotopic (exact) mass is 169 g/mol. The van der Waals surface area contributed by atoms with Crippen LogP contribution in [0.1, 0.15) is 5.69 Å². The van der Waals surface area contributed by atoms with Crippen molar-refractivity contribution in [1.29, 1.82) is 0 Å². The predicted molar refractivity (Wildman–Crippen MR) is 43.0 cm³/mol. The highest BCUT2D eigenvalue weighted by molar-refractivity contribution is 5.79. The molecule has 0 aromatic carbocycles. The Morgan fingerprint density at radius 2 is 2.67 bits per heavy atom. The van der Waals surface area contributed by atoms with Crippen LogP contribution in [0.25, 0.3) is 0 Å². The van der Waals surface area contributed by atoms with Crippen molar-refractivity contribution in [3.63, 3.8) is 0 Å². The third-order valence-corrected chi connectivity index (χ3v) is 1.64. The van der Waals surface area contributed by atoms with Gasteiger partial charge in [0.05, 0.1) is 12.7 Å². The number of nitrogens with one attached hydrogen (secondary N) is 2. The van der Waals surface area contributed by atoms with Crippen molar-refractivity contribution in [2.45, 2.75) is 12.5 Å². The molecule has 12 heavy (non-hydrogen) atoms. The van der Waals surface area contributed by atoms with Gasteiger partial charge in [0.2, 0.25) is 0 Å². The number of hydrogen-bond donors (Lipinski definition) is 3. The first-order valence-corrected chi connectivity index (χ1v) is 3.76. The molecule has 1 amide bonds. The van der Waals surface area contributed by atoms with Gasteiger partial charge in [-0.05, 0) is 0 Å². The zero-order chi connectivity index (χ0) is 8.97. The molecular formula is C7H13N4O+. The summed E-state index contributed by atoms with van der Waals surface area (Å²) in [6.45, 7) is 0. The minimum Gasteiger partial charge on any atom is -0.354 e. The third kappa shape index (κ3) is 2.06. The maximum absolute atomic E-state index is 11.0. The Kier molecular flexibility index (Phi) is 2.82. The lowest BCUT2D eigenvalue weighted by Crippen LogP contribution is -2.68. The van der Waals surface area contributed by atoms with Crippen LogP contribution in [0.15, 0.2) is 12.5 Å². The van der Waals surface area contributed by atoms with Crippen molar-refractivity contribution in [2.75, 3.05) is 7.05 Å². The summed E-state index contributed by atoms with van der Waals surface area (Å²) in [5.41, 5.74) is 4.65. The van der Waals surface area contributed by atoms with Crippen molar-refractivity contribution in [2.24, 2.45) is 0 Å². The highest BCUT2D eigenvalue weighted by Crippen LogP contribution is 1.94. The zero-order valence-corrected chi connectivity index (χ0v) is 7.00. The second-order valence-electron chi connectivity index (χ2n) is 2.59. The van der Waals surface area contributed by atoms with Crippen LogP contribution < -0.4 is 11.1 Å². The number of hydrogen-bond acceptors (Lipinski definition) is 2. The van der Waals surface area contributed by atoms with Gasteiger partial charge in [-0.1, -0.05) is 0 Å². The van der Waals surface area contributed by atoms with E-state index in [1.54, 1.807) is 19.6 Å². The van der Waals surface area contributed by atoms with E-state index in [4.69, 9.17) is 0 Å². The van der Waals surface area contributed by atoms with Gasteiger partial charge in [-0.25, -0.2) is 4.98 Å². The Labute approximate surface area is 70.4 Å². The van der Waals surface area contributed by atoms with Gasteiger partial charge in [0, 0.05) is 18.9 Å². The number of likely N-dealkylation sites (N-methyl/N-ethyl adjacent to an activating group) is 1. The summed E-state index contributed by atoms with van der Waals surface area (Å²) in [7, 11) is 1.60. The largest absolute Gasteiger partial charge is 0.354 e. The van der Waals surface area contributed by atoms with Gasteiger partial charge >= 0.3 is 0 Å². The van der Waals surface area contributed by atoms with Crippen LogP contribution >= 0.6 is 0 Å². The molecule has 0 saturated heterocycles. The maximum atomic E-state index is 11.0. The number of nitrogens with zero attached hydrogens (tertiary/aromatic N) is 1. The molecule has 0 aliphatic rings. The van der Waals surface area contributed by atoms with Crippen LogP contribution in [0.5, 0.6) is 0 Å². The highest BCUT2D eigenvalue weighted by atomic mass is 16.2. The lowest BCUT2D eigenvalue weighted by atomic mass is 10.2. The molecule has 1 aromatic heterocycles. The lowest BCUT2D eigenvalue weighted by molar-refractivity contribution is -0.403. The third-order valence-electron chi connectivity index (χ3n) is 1.64. The van der Waals surface area contributed by atoms with E-state index in [1.807, 2.05) is 0 Å². The lowest BCUT2D eigenvalue weighted by Gasteiger charge is -2.04. The number of carbonyl (C=O) groups is 1. The zero-order valence-electron chi connectivity index (χ0n) is 7.00. The van der Waals surface area contributed by atoms with Gasteiger partial charge in [0.15, 0.2) is 6.04 Å². The van der Waals surface area contributed by atoms with E-state index in [0.29, 0.717) is 6.42 Å². The van der Waals surface area contributed by atoms with Gasteiger partial charge < -0.3 is 16.0 Å². The summed E-state index contributed by atoms with van der Waals surface area (Å²) in [6.07, 6.45) is 3.88. The quantitative estimate of drug-likeness (QED) is 0.504. The number of quaternary nitrogens is 1. The molecule has 1 aromatic rings. The van der Waals surface area contributed by atoms with Crippen LogP contribution in [0, 0.1) is 0 Å². The summed E-state index contributed by atoms with van der Waals surface area (Å²) in [5.74, 6) is -0.0513. The molecule has 0 spiro atoms. The molecule has 1 heterocycles. The predicted octanol–water partition coefficient (Wildman–Crippen LogP) is -1.69. The Hall–Kier alpha value is -1.36. The van der Waals surface area contributed by atoms with Crippen molar-refractivity contribution >= 4 is 5.91 Å². The van der Waals surface area contributed by atoms with Crippen LogP contribution in [-0.4, -0.2) is 29.0 Å². The fourth-order valence-electron chi connectivity index (χ4n) is 0.959. The molecule has 5 N–H and O–H groups in total. The van der Waals surface area contributed by atoms with Crippen LogP contribution in [0.4, 0.5) is 0 Å². The first-order chi connectivity index (χ1) is 5.74. The van der Waals surface area contributed by atoms with Crippen LogP contribution in [0.2, 0.25) is 0 Å². The summed E-state index contributed by atoms with van der Waals surface area (Å²) in [6, 6.07) is -0.254. The molecule has 1 rings (SSSR count). The van der Waals surface area contributed by atoms with Gasteiger partial charge in [0.25, 0.3) is 5.91 Å². The molecule has 0 saturated carbocycles. The van der Waals surface area contributed by atoms with E-state index in [1.165, 1.54) is 0 Å². The maximum Gasteiger partial charge on any atom is 0.278 e. The van der Waals surface area contributed by atoms with Crippen molar-refractivity contribution in [3.05, 3.63) is 18.2 Å². The molecule has 0 radical (unpaired) electrons. The Morgan fingerprint density at radius 1 is 1.92 bits per heavy atom. The summed E-state index contributed by atoms with van der Waals surface area (Å²) in [4.78, 5) is 17.8. The second-order valence-corrected chi connectivity index (χ2v) is 2.59. The van der Waals surface area contributed by atoms with E-state index in [2.05, 4.69) is 21.0 Å². The molecule has 0 aliphatic carbocycles. The molecule has 1 unspecified atom stereocenters. The van der Waals surface area contributed by atoms with E-state index in [9.17, 15) is 4.79 Å². The number of H-pyrrole nitrogens is 1. The molecule has 1 atom stereocenters. The minimum atomic E-state index is -0.254. The molecule has 0 bridgehead atoms. The fraction of sp³-hybridized carbons (Fsp3) is 0.429. The first kappa shape index (κ1) is 8.73. The molecule has 5 nitrogen and oxygen atoms in total. The van der Waals surface area contributed by atoms with Crippen molar-refractivity contribution < 1.29 is 10.5 Å². The Balaban J connectivity index is 2.47. The summed E-state index contributed by atoms with van der Waals surface area (Å²) >= 11 is 0. The average Bonchev–Trinajstić information content (AvgIpc) is 2.55. The number of aromatic nitrogens is 2. The Bertz CT molecular complexity index is 244. The number of rotatable bonds is 3. The topological polar surface area (TPSA) is 85.4 Å². The molecule has 5 heteroatoms. The second kappa shape index (κ2) is 3.87. The molecule has 66 valence electrons. The van der Waals surface area contributed by atoms with E-state index in [0.717, 1.165) is 5.69 Å². The standard InChI is InChI=1S/C7H12N4O/c1-9-7(12)6(8)2-5-3-10-4-11-5/h3-4,6H,2,8H2,1H3,(H,9,12)(H,10,11)/p+1. The number of amides is 1. The fourth-order valence-corrected chi connectivity index (χ4v) is 0.959. The van der Waals surface area contributed by atoms with Crippen molar-refractivity contribution in [3.8, 4) is 0 Å². The number of imidazole rings is 1.